The molecule has 142 valence electrons. The minimum Gasteiger partial charge on any atom is -0.462 e. The minimum atomic E-state index is -0.0476. The number of hydrogen-bond acceptors (Lipinski definition) is 4. The Labute approximate surface area is 165 Å². The van der Waals surface area contributed by atoms with Gasteiger partial charge in [0.05, 0.1) is 23.7 Å². The maximum Gasteiger partial charge on any atom is 0.306 e. The zero-order valence-corrected chi connectivity index (χ0v) is 16.2. The molecule has 2 aliphatic rings. The second kappa shape index (κ2) is 7.59. The van der Waals surface area contributed by atoms with Gasteiger partial charge in [0.25, 0.3) is 0 Å². The molecule has 1 aromatic heterocycles. The predicted molar refractivity (Wildman–Crippen MR) is 108 cm³/mol. The van der Waals surface area contributed by atoms with Gasteiger partial charge < -0.3 is 4.74 Å². The van der Waals surface area contributed by atoms with Crippen molar-refractivity contribution < 1.29 is 9.53 Å². The molecular formula is C24H24N2O2. The van der Waals surface area contributed by atoms with E-state index in [4.69, 9.17) is 4.74 Å². The third-order valence-corrected chi connectivity index (χ3v) is 6.51. The zero-order valence-electron chi connectivity index (χ0n) is 16.2. The van der Waals surface area contributed by atoms with E-state index >= 15 is 0 Å². The fraction of sp³-hybridized carbons (Fsp3) is 0.375. The summed E-state index contributed by atoms with van der Waals surface area (Å²) in [7, 11) is 0. The van der Waals surface area contributed by atoms with E-state index in [2.05, 4.69) is 37.1 Å². The topological polar surface area (TPSA) is 63.0 Å². The highest BCUT2D eigenvalue weighted by atomic mass is 16.5. The fourth-order valence-electron chi connectivity index (χ4n) is 4.61. The average molecular weight is 372 g/mol. The Morgan fingerprint density at radius 3 is 2.75 bits per heavy atom. The number of pyridine rings is 1. The van der Waals surface area contributed by atoms with Crippen molar-refractivity contribution in [3.8, 4) is 17.2 Å². The smallest absolute Gasteiger partial charge is 0.306 e. The Hall–Kier alpha value is -2.93. The highest BCUT2D eigenvalue weighted by molar-refractivity contribution is 5.72. The maximum atomic E-state index is 11.7. The van der Waals surface area contributed by atoms with Crippen LogP contribution in [0.3, 0.4) is 0 Å². The Morgan fingerprint density at radius 1 is 1.18 bits per heavy atom. The van der Waals surface area contributed by atoms with Crippen molar-refractivity contribution in [2.24, 2.45) is 23.7 Å². The molecule has 1 aromatic carbocycles. The number of carbonyl (C=O) groups excluding carboxylic acids is 1. The summed E-state index contributed by atoms with van der Waals surface area (Å²) in [5, 5.41) is 9.28. The first-order chi connectivity index (χ1) is 13.6. The number of rotatable bonds is 3. The van der Waals surface area contributed by atoms with Gasteiger partial charge in [-0.25, -0.2) is 0 Å². The molecule has 1 aliphatic heterocycles. The van der Waals surface area contributed by atoms with Crippen LogP contribution in [0.2, 0.25) is 0 Å². The second-order valence-electron chi connectivity index (χ2n) is 8.00. The molecule has 1 saturated heterocycles. The van der Waals surface area contributed by atoms with E-state index in [0.29, 0.717) is 35.7 Å². The van der Waals surface area contributed by atoms with Crippen molar-refractivity contribution in [1.29, 1.82) is 5.26 Å². The van der Waals surface area contributed by atoms with Crippen LogP contribution in [0, 0.1) is 35.0 Å². The van der Waals surface area contributed by atoms with Crippen molar-refractivity contribution >= 4 is 12.0 Å². The van der Waals surface area contributed by atoms with Crippen molar-refractivity contribution in [1.82, 2.24) is 4.98 Å². The lowest BCUT2D eigenvalue weighted by atomic mass is 9.66. The van der Waals surface area contributed by atoms with Crippen molar-refractivity contribution in [2.45, 2.75) is 32.8 Å². The van der Waals surface area contributed by atoms with Gasteiger partial charge in [-0.3, -0.25) is 9.78 Å². The van der Waals surface area contributed by atoms with Crippen molar-refractivity contribution in [3.63, 3.8) is 0 Å². The summed E-state index contributed by atoms with van der Waals surface area (Å²) in [6, 6.07) is 13.8. The lowest BCUT2D eigenvalue weighted by Crippen LogP contribution is -2.37. The first kappa shape index (κ1) is 18.4. The monoisotopic (exact) mass is 372 g/mol. The van der Waals surface area contributed by atoms with Gasteiger partial charge in [-0.2, -0.15) is 5.26 Å². The largest absolute Gasteiger partial charge is 0.462 e. The van der Waals surface area contributed by atoms with E-state index in [9.17, 15) is 10.1 Å². The minimum absolute atomic E-state index is 0.0476. The average Bonchev–Trinajstić information content (AvgIpc) is 3.10. The van der Waals surface area contributed by atoms with Gasteiger partial charge >= 0.3 is 5.97 Å². The molecule has 4 nitrogen and oxygen atoms in total. The molecule has 5 atom stereocenters. The highest BCUT2D eigenvalue weighted by Gasteiger charge is 2.46. The summed E-state index contributed by atoms with van der Waals surface area (Å²) < 4.78 is 5.54. The molecule has 4 heteroatoms. The molecule has 0 spiro atoms. The Morgan fingerprint density at radius 2 is 2.00 bits per heavy atom. The van der Waals surface area contributed by atoms with Gasteiger partial charge in [0.2, 0.25) is 0 Å². The van der Waals surface area contributed by atoms with E-state index in [-0.39, 0.29) is 12.1 Å². The molecule has 1 saturated carbocycles. The summed E-state index contributed by atoms with van der Waals surface area (Å²) in [6.07, 6.45) is 7.62. The van der Waals surface area contributed by atoms with E-state index in [1.54, 1.807) is 0 Å². The number of carbonyl (C=O) groups is 1. The normalized spacial score (nSPS) is 29.3. The molecule has 2 aromatic rings. The molecule has 4 rings (SSSR count). The van der Waals surface area contributed by atoms with E-state index in [0.717, 1.165) is 23.2 Å². The van der Waals surface area contributed by atoms with Crippen molar-refractivity contribution in [2.75, 3.05) is 0 Å². The molecule has 1 aliphatic carbocycles. The molecule has 0 unspecified atom stereocenters. The summed E-state index contributed by atoms with van der Waals surface area (Å²) in [4.78, 5) is 16.2. The number of allylic oxidation sites excluding steroid dienone is 1. The molecule has 0 amide bonds. The standard InChI is InChI=1S/C24H24N2O2/c1-15-16(2)22-12-24(27)28-23(22)11-17(15)7-9-20-10-8-19(14-26-20)21-6-4-3-5-18(21)13-25/h3-10,14-17,22-23H,11-12H2,1-2H3/b9-7+/t15-,16-,17-,22+,23-/m1/s1. The van der Waals surface area contributed by atoms with Gasteiger partial charge in [-0.05, 0) is 42.4 Å². The maximum absolute atomic E-state index is 11.7. The third-order valence-electron chi connectivity index (χ3n) is 6.51. The van der Waals surface area contributed by atoms with Gasteiger partial charge in [0, 0.05) is 23.2 Å². The molecule has 0 radical (unpaired) electrons. The van der Waals surface area contributed by atoms with E-state index < -0.39 is 0 Å². The van der Waals surface area contributed by atoms with Gasteiger partial charge in [0.15, 0.2) is 0 Å². The first-order valence-corrected chi connectivity index (χ1v) is 9.90. The second-order valence-corrected chi connectivity index (χ2v) is 8.00. The van der Waals surface area contributed by atoms with Crippen LogP contribution in [-0.2, 0) is 9.53 Å². The molecule has 0 bridgehead atoms. The van der Waals surface area contributed by atoms with Crippen LogP contribution in [0.4, 0.5) is 0 Å². The lowest BCUT2D eigenvalue weighted by molar-refractivity contribution is -0.142. The van der Waals surface area contributed by atoms with E-state index in [1.165, 1.54) is 0 Å². The van der Waals surface area contributed by atoms with Gasteiger partial charge in [-0.15, -0.1) is 0 Å². The number of ether oxygens (including phenoxy) is 1. The van der Waals surface area contributed by atoms with Crippen LogP contribution in [0.1, 0.15) is 37.9 Å². The Balaban J connectivity index is 1.49. The van der Waals surface area contributed by atoms with Crippen LogP contribution in [0.15, 0.2) is 48.7 Å². The van der Waals surface area contributed by atoms with Crippen LogP contribution in [-0.4, -0.2) is 17.1 Å². The predicted octanol–water partition coefficient (Wildman–Crippen LogP) is 4.86. The molecule has 2 fully saturated rings. The highest BCUT2D eigenvalue weighted by Crippen LogP contribution is 2.45. The summed E-state index contributed by atoms with van der Waals surface area (Å²) >= 11 is 0. The summed E-state index contributed by atoms with van der Waals surface area (Å²) in [5.41, 5.74) is 3.38. The van der Waals surface area contributed by atoms with Crippen LogP contribution >= 0.6 is 0 Å². The molecule has 28 heavy (non-hydrogen) atoms. The number of benzene rings is 1. The SMILES string of the molecule is C[C@@H]1[C@@H](C)[C@H](/C=C/c2ccc(-c3ccccc3C#N)cn2)C[C@H]2OC(=O)C[C@@H]12. The molecule has 2 heterocycles. The van der Waals surface area contributed by atoms with Crippen LogP contribution < -0.4 is 0 Å². The number of hydrogen-bond donors (Lipinski definition) is 0. The number of fused-ring (bicyclic) bond motifs is 1. The summed E-state index contributed by atoms with van der Waals surface area (Å²) in [6.45, 7) is 4.51. The van der Waals surface area contributed by atoms with Gasteiger partial charge in [0.1, 0.15) is 6.10 Å². The zero-order chi connectivity index (χ0) is 19.7. The Bertz CT molecular complexity index is 942. The quantitative estimate of drug-likeness (QED) is 0.722. The lowest BCUT2D eigenvalue weighted by Gasteiger charge is -2.39. The van der Waals surface area contributed by atoms with Gasteiger partial charge in [-0.1, -0.05) is 44.2 Å². The van der Waals surface area contributed by atoms with Crippen LogP contribution in [0.5, 0.6) is 0 Å². The third kappa shape index (κ3) is 3.45. The number of nitrogens with zero attached hydrogens (tertiary/aromatic N) is 2. The number of aromatic nitrogens is 1. The number of nitriles is 1. The van der Waals surface area contributed by atoms with E-state index in [1.807, 2.05) is 42.6 Å². The number of esters is 1. The first-order valence-electron chi connectivity index (χ1n) is 9.90. The van der Waals surface area contributed by atoms with Crippen molar-refractivity contribution in [3.05, 3.63) is 59.9 Å². The van der Waals surface area contributed by atoms with Crippen LogP contribution in [0.25, 0.3) is 17.2 Å². The summed E-state index contributed by atoms with van der Waals surface area (Å²) in [5.74, 6) is 1.67. The fourth-order valence-corrected chi connectivity index (χ4v) is 4.61. The molecular weight excluding hydrogens is 348 g/mol. The Kier molecular flexibility index (Phi) is 5.00. The molecule has 0 N–H and O–H groups in total.